The second kappa shape index (κ2) is 8.47. The predicted molar refractivity (Wildman–Crippen MR) is 96.8 cm³/mol. The zero-order valence-electron chi connectivity index (χ0n) is 15.0. The molecular formula is C21H24O4. The molecule has 0 spiro atoms. The summed E-state index contributed by atoms with van der Waals surface area (Å²) in [6.07, 6.45) is 0.379. The third kappa shape index (κ3) is 6.07. The quantitative estimate of drug-likeness (QED) is 0.433. The van der Waals surface area contributed by atoms with Gasteiger partial charge in [0.1, 0.15) is 19.0 Å². The van der Waals surface area contributed by atoms with Crippen molar-refractivity contribution >= 4 is 11.8 Å². The minimum absolute atomic E-state index is 0.0665. The molecule has 0 heterocycles. The topological polar surface area (TPSA) is 52.6 Å². The number of esters is 1. The van der Waals surface area contributed by atoms with Gasteiger partial charge in [-0.05, 0) is 50.6 Å². The van der Waals surface area contributed by atoms with Crippen molar-refractivity contribution in [1.29, 1.82) is 0 Å². The van der Waals surface area contributed by atoms with Gasteiger partial charge in [0.05, 0.1) is 5.41 Å². The van der Waals surface area contributed by atoms with E-state index in [4.69, 9.17) is 9.47 Å². The normalized spacial score (nSPS) is 11.0. The molecule has 0 atom stereocenters. The van der Waals surface area contributed by atoms with Crippen LogP contribution in [0.5, 0.6) is 5.75 Å². The number of hydrogen-bond donors (Lipinski definition) is 0. The van der Waals surface area contributed by atoms with Gasteiger partial charge in [0.25, 0.3) is 0 Å². The van der Waals surface area contributed by atoms with Gasteiger partial charge in [-0.15, -0.1) is 0 Å². The molecule has 0 saturated carbocycles. The Morgan fingerprint density at radius 1 is 0.880 bits per heavy atom. The summed E-state index contributed by atoms with van der Waals surface area (Å²) in [5.74, 6) is 0.456. The SMILES string of the molecule is CC(C)(C)C(=O)OCCOc1ccc(C(=O)Cc2ccccc2)cc1. The van der Waals surface area contributed by atoms with Crippen molar-refractivity contribution in [2.75, 3.05) is 13.2 Å². The smallest absolute Gasteiger partial charge is 0.311 e. The highest BCUT2D eigenvalue weighted by Gasteiger charge is 2.22. The van der Waals surface area contributed by atoms with Crippen LogP contribution in [0.1, 0.15) is 36.7 Å². The van der Waals surface area contributed by atoms with Crippen molar-refractivity contribution in [2.45, 2.75) is 27.2 Å². The molecule has 2 aromatic carbocycles. The first kappa shape index (κ1) is 18.7. The van der Waals surface area contributed by atoms with Crippen LogP contribution in [0.4, 0.5) is 0 Å². The molecule has 0 aromatic heterocycles. The minimum atomic E-state index is -0.513. The van der Waals surface area contributed by atoms with E-state index in [0.717, 1.165) is 5.56 Å². The minimum Gasteiger partial charge on any atom is -0.490 e. The van der Waals surface area contributed by atoms with Gasteiger partial charge < -0.3 is 9.47 Å². The second-order valence-corrected chi connectivity index (χ2v) is 6.84. The summed E-state index contributed by atoms with van der Waals surface area (Å²) >= 11 is 0. The van der Waals surface area contributed by atoms with E-state index in [1.54, 1.807) is 45.0 Å². The van der Waals surface area contributed by atoms with Gasteiger partial charge in [-0.2, -0.15) is 0 Å². The molecule has 0 aliphatic rings. The maximum absolute atomic E-state index is 12.3. The van der Waals surface area contributed by atoms with E-state index in [-0.39, 0.29) is 25.0 Å². The van der Waals surface area contributed by atoms with Crippen LogP contribution in [0.2, 0.25) is 0 Å². The van der Waals surface area contributed by atoms with Gasteiger partial charge in [0.15, 0.2) is 5.78 Å². The van der Waals surface area contributed by atoms with Gasteiger partial charge in [-0.1, -0.05) is 30.3 Å². The van der Waals surface area contributed by atoms with Gasteiger partial charge in [-0.25, -0.2) is 0 Å². The molecule has 132 valence electrons. The Balaban J connectivity index is 1.80. The molecule has 0 aliphatic carbocycles. The Labute approximate surface area is 148 Å². The van der Waals surface area contributed by atoms with E-state index in [9.17, 15) is 9.59 Å². The first-order chi connectivity index (χ1) is 11.9. The highest BCUT2D eigenvalue weighted by molar-refractivity contribution is 5.97. The molecule has 0 saturated heterocycles. The lowest BCUT2D eigenvalue weighted by Crippen LogP contribution is -2.24. The first-order valence-corrected chi connectivity index (χ1v) is 8.33. The third-order valence-electron chi connectivity index (χ3n) is 3.58. The van der Waals surface area contributed by atoms with Crippen molar-refractivity contribution in [3.63, 3.8) is 0 Å². The predicted octanol–water partition coefficient (Wildman–Crippen LogP) is 4.08. The lowest BCUT2D eigenvalue weighted by atomic mass is 9.97. The number of benzene rings is 2. The first-order valence-electron chi connectivity index (χ1n) is 8.33. The number of ether oxygens (including phenoxy) is 2. The molecule has 0 bridgehead atoms. The van der Waals surface area contributed by atoms with Gasteiger partial charge in [0, 0.05) is 12.0 Å². The van der Waals surface area contributed by atoms with E-state index < -0.39 is 5.41 Å². The lowest BCUT2D eigenvalue weighted by molar-refractivity contribution is -0.153. The van der Waals surface area contributed by atoms with Crippen molar-refractivity contribution in [3.05, 3.63) is 65.7 Å². The van der Waals surface area contributed by atoms with E-state index >= 15 is 0 Å². The zero-order chi connectivity index (χ0) is 18.3. The molecule has 0 fully saturated rings. The van der Waals surface area contributed by atoms with Crippen LogP contribution in [0.3, 0.4) is 0 Å². The Hall–Kier alpha value is -2.62. The molecule has 2 rings (SSSR count). The standard InChI is InChI=1S/C21H24O4/c1-21(2,3)20(23)25-14-13-24-18-11-9-17(10-12-18)19(22)15-16-7-5-4-6-8-16/h4-12H,13-15H2,1-3H3. The van der Waals surface area contributed by atoms with Gasteiger partial charge in [-0.3, -0.25) is 9.59 Å². The molecule has 2 aromatic rings. The largest absolute Gasteiger partial charge is 0.490 e. The van der Waals surface area contributed by atoms with Crippen molar-refractivity contribution in [1.82, 2.24) is 0 Å². The van der Waals surface area contributed by atoms with Crippen LogP contribution < -0.4 is 4.74 Å². The van der Waals surface area contributed by atoms with E-state index in [0.29, 0.717) is 17.7 Å². The maximum atomic E-state index is 12.3. The van der Waals surface area contributed by atoms with Crippen molar-refractivity contribution < 1.29 is 19.1 Å². The summed E-state index contributed by atoms with van der Waals surface area (Å²) in [5, 5.41) is 0. The number of ketones is 1. The molecule has 25 heavy (non-hydrogen) atoms. The van der Waals surface area contributed by atoms with Crippen LogP contribution in [0.15, 0.2) is 54.6 Å². The monoisotopic (exact) mass is 340 g/mol. The van der Waals surface area contributed by atoms with Gasteiger partial charge in [0.2, 0.25) is 0 Å². The van der Waals surface area contributed by atoms with E-state index in [1.165, 1.54) is 0 Å². The Kier molecular flexibility index (Phi) is 6.34. The van der Waals surface area contributed by atoms with Crippen LogP contribution in [0.25, 0.3) is 0 Å². The van der Waals surface area contributed by atoms with Crippen LogP contribution >= 0.6 is 0 Å². The summed E-state index contributed by atoms with van der Waals surface area (Å²) in [6.45, 7) is 5.90. The summed E-state index contributed by atoms with van der Waals surface area (Å²) < 4.78 is 10.7. The number of rotatable bonds is 7. The van der Waals surface area contributed by atoms with Crippen LogP contribution in [-0.2, 0) is 16.0 Å². The van der Waals surface area contributed by atoms with Gasteiger partial charge >= 0.3 is 5.97 Å². The van der Waals surface area contributed by atoms with Crippen molar-refractivity contribution in [3.8, 4) is 5.75 Å². The summed E-state index contributed by atoms with van der Waals surface area (Å²) in [7, 11) is 0. The maximum Gasteiger partial charge on any atom is 0.311 e. The lowest BCUT2D eigenvalue weighted by Gasteiger charge is -2.16. The van der Waals surface area contributed by atoms with Crippen LogP contribution in [-0.4, -0.2) is 25.0 Å². The Morgan fingerprint density at radius 2 is 1.52 bits per heavy atom. The number of carbonyl (C=O) groups is 2. The highest BCUT2D eigenvalue weighted by atomic mass is 16.6. The molecule has 0 aliphatic heterocycles. The van der Waals surface area contributed by atoms with Crippen molar-refractivity contribution in [2.24, 2.45) is 5.41 Å². The summed E-state index contributed by atoms with van der Waals surface area (Å²) in [4.78, 5) is 23.9. The highest BCUT2D eigenvalue weighted by Crippen LogP contribution is 2.16. The fraction of sp³-hybridized carbons (Fsp3) is 0.333. The second-order valence-electron chi connectivity index (χ2n) is 6.84. The molecule has 0 radical (unpaired) electrons. The fourth-order valence-electron chi connectivity index (χ4n) is 2.13. The Bertz CT molecular complexity index is 697. The summed E-state index contributed by atoms with van der Waals surface area (Å²) in [6, 6.07) is 16.7. The number of hydrogen-bond acceptors (Lipinski definition) is 4. The zero-order valence-corrected chi connectivity index (χ0v) is 15.0. The molecule has 0 unspecified atom stereocenters. The average molecular weight is 340 g/mol. The van der Waals surface area contributed by atoms with E-state index in [1.807, 2.05) is 30.3 Å². The molecule has 0 N–H and O–H groups in total. The fourth-order valence-corrected chi connectivity index (χ4v) is 2.13. The number of carbonyl (C=O) groups excluding carboxylic acids is 2. The molecule has 4 heteroatoms. The van der Waals surface area contributed by atoms with Crippen LogP contribution in [0, 0.1) is 5.41 Å². The molecule has 4 nitrogen and oxygen atoms in total. The molecular weight excluding hydrogens is 316 g/mol. The molecule has 0 amide bonds. The van der Waals surface area contributed by atoms with E-state index in [2.05, 4.69) is 0 Å². The average Bonchev–Trinajstić information content (AvgIpc) is 2.59. The summed E-state index contributed by atoms with van der Waals surface area (Å²) in [5.41, 5.74) is 1.13. The third-order valence-corrected chi connectivity index (χ3v) is 3.58. The Morgan fingerprint density at radius 3 is 2.12 bits per heavy atom. The number of Topliss-reactive ketones (excluding diaryl/α,β-unsaturated/α-hetero) is 1.